The third kappa shape index (κ3) is 1.51. The lowest BCUT2D eigenvalue weighted by Crippen LogP contribution is -2.27. The molecule has 0 saturated heterocycles. The van der Waals surface area contributed by atoms with Crippen molar-refractivity contribution in [3.8, 4) is 0 Å². The van der Waals surface area contributed by atoms with E-state index in [1.54, 1.807) is 0 Å². The molecule has 1 aromatic rings. The largest absolute Gasteiger partial charge is 0.294 e. The van der Waals surface area contributed by atoms with Crippen LogP contribution in [0.1, 0.15) is 42.0 Å². The van der Waals surface area contributed by atoms with Gasteiger partial charge in [0.25, 0.3) is 0 Å². The Kier molecular flexibility index (Phi) is 2.25. The van der Waals surface area contributed by atoms with Gasteiger partial charge in [0.15, 0.2) is 5.78 Å². The molecule has 0 spiro atoms. The van der Waals surface area contributed by atoms with Gasteiger partial charge < -0.3 is 0 Å². The topological polar surface area (TPSA) is 22.0 Å². The second-order valence-corrected chi connectivity index (χ2v) is 5.83. The van der Waals surface area contributed by atoms with E-state index in [0.717, 1.165) is 12.0 Å². The molecule has 0 saturated carbocycles. The highest BCUT2D eigenvalue weighted by Gasteiger charge is 2.33. The SMILES string of the molecule is Cc1cc2c(n1I)CC(C)(C)CC2=O. The Morgan fingerprint density at radius 2 is 2.07 bits per heavy atom. The summed E-state index contributed by atoms with van der Waals surface area (Å²) < 4.78 is 2.12. The van der Waals surface area contributed by atoms with Crippen molar-refractivity contribution >= 4 is 28.6 Å². The first-order valence-electron chi connectivity index (χ1n) is 4.81. The van der Waals surface area contributed by atoms with Gasteiger partial charge in [-0.3, -0.25) is 7.58 Å². The summed E-state index contributed by atoms with van der Waals surface area (Å²) in [5.41, 5.74) is 3.43. The van der Waals surface area contributed by atoms with Crippen molar-refractivity contribution < 1.29 is 4.79 Å². The van der Waals surface area contributed by atoms with Gasteiger partial charge in [-0.15, -0.1) is 0 Å². The van der Waals surface area contributed by atoms with E-state index in [-0.39, 0.29) is 5.41 Å². The second kappa shape index (κ2) is 3.08. The van der Waals surface area contributed by atoms with E-state index in [1.807, 2.05) is 13.0 Å². The Labute approximate surface area is 98.2 Å². The average Bonchev–Trinajstić information content (AvgIpc) is 2.30. The summed E-state index contributed by atoms with van der Waals surface area (Å²) in [6.07, 6.45) is 1.69. The molecule has 0 amide bonds. The van der Waals surface area contributed by atoms with Gasteiger partial charge in [-0.2, -0.15) is 0 Å². The molecule has 0 aromatic carbocycles. The number of Topliss-reactive ketones (excluding diaryl/α,β-unsaturated/α-hetero) is 1. The molecule has 0 radical (unpaired) electrons. The molecule has 2 rings (SSSR count). The molecule has 0 fully saturated rings. The lowest BCUT2D eigenvalue weighted by Gasteiger charge is -2.28. The molecule has 1 aromatic heterocycles. The molecule has 1 aliphatic rings. The Bertz CT molecular complexity index is 404. The van der Waals surface area contributed by atoms with Gasteiger partial charge in [0, 0.05) is 23.4 Å². The molecule has 0 bridgehead atoms. The van der Waals surface area contributed by atoms with Crippen LogP contribution >= 0.6 is 22.9 Å². The van der Waals surface area contributed by atoms with E-state index in [4.69, 9.17) is 0 Å². The van der Waals surface area contributed by atoms with Crippen LogP contribution in [0.4, 0.5) is 0 Å². The average molecular weight is 303 g/mol. The molecule has 0 unspecified atom stereocenters. The summed E-state index contributed by atoms with van der Waals surface area (Å²) >= 11 is 2.27. The molecular weight excluding hydrogens is 289 g/mol. The Morgan fingerprint density at radius 3 is 2.71 bits per heavy atom. The van der Waals surface area contributed by atoms with Crippen LogP contribution in [0.25, 0.3) is 0 Å². The Balaban J connectivity index is 2.56. The molecule has 3 heteroatoms. The predicted octanol–water partition coefficient (Wildman–Crippen LogP) is 3.15. The maximum absolute atomic E-state index is 11.9. The highest BCUT2D eigenvalue weighted by atomic mass is 127. The zero-order chi connectivity index (χ0) is 10.5. The van der Waals surface area contributed by atoms with E-state index in [0.29, 0.717) is 12.2 Å². The minimum atomic E-state index is 0.123. The number of carbonyl (C=O) groups is 1. The number of ketones is 1. The van der Waals surface area contributed by atoms with Crippen LogP contribution in [0.5, 0.6) is 0 Å². The predicted molar refractivity (Wildman–Crippen MR) is 65.0 cm³/mol. The van der Waals surface area contributed by atoms with Crippen LogP contribution in [-0.4, -0.2) is 8.56 Å². The van der Waals surface area contributed by atoms with E-state index in [9.17, 15) is 4.79 Å². The standard InChI is InChI=1S/C11H14INO/c1-7-4-8-9(13(7)12)5-11(2,3)6-10(8)14/h4H,5-6H2,1-3H3. The first-order valence-corrected chi connectivity index (χ1v) is 5.78. The lowest BCUT2D eigenvalue weighted by atomic mass is 9.76. The minimum absolute atomic E-state index is 0.123. The first-order chi connectivity index (χ1) is 6.41. The number of rotatable bonds is 0. The van der Waals surface area contributed by atoms with Crippen molar-refractivity contribution in [3.63, 3.8) is 0 Å². The molecule has 76 valence electrons. The molecule has 0 N–H and O–H groups in total. The van der Waals surface area contributed by atoms with E-state index in [2.05, 4.69) is 39.5 Å². The van der Waals surface area contributed by atoms with Gasteiger partial charge in [0.2, 0.25) is 0 Å². The first kappa shape index (κ1) is 10.2. The summed E-state index contributed by atoms with van der Waals surface area (Å²) in [4.78, 5) is 11.9. The number of nitrogens with zero attached hydrogens (tertiary/aromatic N) is 1. The maximum Gasteiger partial charge on any atom is 0.165 e. The van der Waals surface area contributed by atoms with Crippen LogP contribution in [-0.2, 0) is 6.42 Å². The van der Waals surface area contributed by atoms with Gasteiger partial charge in [-0.05, 0) is 24.8 Å². The monoisotopic (exact) mass is 303 g/mol. The molecule has 1 aliphatic carbocycles. The second-order valence-electron chi connectivity index (χ2n) is 4.87. The van der Waals surface area contributed by atoms with Gasteiger partial charge in [-0.25, -0.2) is 0 Å². The van der Waals surface area contributed by atoms with E-state index >= 15 is 0 Å². The van der Waals surface area contributed by atoms with Crippen LogP contribution in [0.15, 0.2) is 6.07 Å². The van der Waals surface area contributed by atoms with Crippen molar-refractivity contribution in [3.05, 3.63) is 23.0 Å². The zero-order valence-electron chi connectivity index (χ0n) is 8.72. The minimum Gasteiger partial charge on any atom is -0.294 e. The van der Waals surface area contributed by atoms with Crippen LogP contribution in [0, 0.1) is 12.3 Å². The van der Waals surface area contributed by atoms with E-state index < -0.39 is 0 Å². The molecule has 2 nitrogen and oxygen atoms in total. The molecule has 1 heterocycles. The maximum atomic E-state index is 11.9. The lowest BCUT2D eigenvalue weighted by molar-refractivity contribution is 0.0911. The fraction of sp³-hybridized carbons (Fsp3) is 0.545. The third-order valence-corrected chi connectivity index (χ3v) is 4.14. The Morgan fingerprint density at radius 1 is 1.43 bits per heavy atom. The number of hydrogen-bond acceptors (Lipinski definition) is 1. The molecular formula is C11H14INO. The highest BCUT2D eigenvalue weighted by molar-refractivity contribution is 14.1. The van der Waals surface area contributed by atoms with Gasteiger partial charge in [0.1, 0.15) is 0 Å². The summed E-state index contributed by atoms with van der Waals surface area (Å²) in [6.45, 7) is 6.37. The third-order valence-electron chi connectivity index (χ3n) is 2.80. The van der Waals surface area contributed by atoms with Gasteiger partial charge in [-0.1, -0.05) is 13.8 Å². The number of halogens is 1. The normalized spacial score (nSPS) is 19.6. The fourth-order valence-electron chi connectivity index (χ4n) is 2.12. The Hall–Kier alpha value is -0.320. The number of aryl methyl sites for hydroxylation is 1. The van der Waals surface area contributed by atoms with Crippen molar-refractivity contribution in [2.24, 2.45) is 5.41 Å². The number of carbonyl (C=O) groups excluding carboxylic acids is 1. The summed E-state index contributed by atoms with van der Waals surface area (Å²) in [7, 11) is 0. The number of fused-ring (bicyclic) bond motifs is 1. The molecule has 14 heavy (non-hydrogen) atoms. The zero-order valence-corrected chi connectivity index (χ0v) is 10.9. The smallest absolute Gasteiger partial charge is 0.165 e. The van der Waals surface area contributed by atoms with Crippen molar-refractivity contribution in [2.75, 3.05) is 0 Å². The molecule has 0 aliphatic heterocycles. The van der Waals surface area contributed by atoms with Crippen LogP contribution in [0.3, 0.4) is 0 Å². The number of hydrogen-bond donors (Lipinski definition) is 0. The van der Waals surface area contributed by atoms with Gasteiger partial charge in [0.05, 0.1) is 22.9 Å². The summed E-state index contributed by atoms with van der Waals surface area (Å²) in [6, 6.07) is 2.01. The quantitative estimate of drug-likeness (QED) is 0.675. The van der Waals surface area contributed by atoms with Crippen molar-refractivity contribution in [1.82, 2.24) is 2.78 Å². The van der Waals surface area contributed by atoms with Crippen molar-refractivity contribution in [2.45, 2.75) is 33.6 Å². The summed E-state index contributed by atoms with van der Waals surface area (Å²) in [5.74, 6) is 0.301. The van der Waals surface area contributed by atoms with Crippen LogP contribution in [0.2, 0.25) is 0 Å². The van der Waals surface area contributed by atoms with E-state index in [1.165, 1.54) is 11.4 Å². The molecule has 0 atom stereocenters. The van der Waals surface area contributed by atoms with Gasteiger partial charge >= 0.3 is 0 Å². The van der Waals surface area contributed by atoms with Crippen LogP contribution < -0.4 is 0 Å². The highest BCUT2D eigenvalue weighted by Crippen LogP contribution is 2.36. The summed E-state index contributed by atoms with van der Waals surface area (Å²) in [5, 5.41) is 0. The number of aromatic nitrogens is 1. The van der Waals surface area contributed by atoms with Crippen molar-refractivity contribution in [1.29, 1.82) is 0 Å². The fourth-order valence-corrected chi connectivity index (χ4v) is 2.69.